The Kier molecular flexibility index (Phi) is 3.49. The second kappa shape index (κ2) is 4.68. The van der Waals surface area contributed by atoms with E-state index in [1.807, 2.05) is 0 Å². The molecule has 0 unspecified atom stereocenters. The zero-order valence-corrected chi connectivity index (χ0v) is 6.52. The molecule has 67 valence electrons. The van der Waals surface area contributed by atoms with Crippen molar-refractivity contribution in [2.24, 2.45) is 0 Å². The van der Waals surface area contributed by atoms with Gasteiger partial charge in [0.1, 0.15) is 6.29 Å². The third kappa shape index (κ3) is 2.85. The zero-order valence-electron chi connectivity index (χ0n) is 6.52. The van der Waals surface area contributed by atoms with E-state index >= 15 is 0 Å². The van der Waals surface area contributed by atoms with E-state index in [9.17, 15) is 9.59 Å². The number of amides is 2. The van der Waals surface area contributed by atoms with Gasteiger partial charge in [0, 0.05) is 13.1 Å². The quantitative estimate of drug-likeness (QED) is 0.391. The van der Waals surface area contributed by atoms with E-state index in [4.69, 9.17) is 0 Å². The summed E-state index contributed by atoms with van der Waals surface area (Å²) in [6.07, 6.45) is 1.36. The third-order valence-corrected chi connectivity index (χ3v) is 1.42. The smallest absolute Gasteiger partial charge is 0.317 e. The molecule has 1 fully saturated rings. The van der Waals surface area contributed by atoms with Crippen LogP contribution >= 0.6 is 0 Å². The minimum atomic E-state index is -0.384. The summed E-state index contributed by atoms with van der Waals surface area (Å²) in [6, 6.07) is -0.384. The van der Waals surface area contributed by atoms with Crippen LogP contribution in [0.3, 0.4) is 0 Å². The summed E-state index contributed by atoms with van der Waals surface area (Å²) in [7, 11) is 0. The monoisotopic (exact) mass is 171 g/mol. The molecule has 12 heavy (non-hydrogen) atoms. The first-order chi connectivity index (χ1) is 5.83. The minimum absolute atomic E-state index is 0.0848. The second-order valence-corrected chi connectivity index (χ2v) is 2.31. The van der Waals surface area contributed by atoms with Crippen molar-refractivity contribution >= 4 is 12.3 Å². The Balaban J connectivity index is 2.11. The van der Waals surface area contributed by atoms with Crippen LogP contribution in [-0.2, 0) is 4.79 Å². The Hall–Kier alpha value is -1.14. The first kappa shape index (κ1) is 8.95. The normalized spacial score (nSPS) is 17.3. The summed E-state index contributed by atoms with van der Waals surface area (Å²) >= 11 is 0. The molecule has 0 aromatic heterocycles. The molecule has 1 saturated heterocycles. The standard InChI is InChI=1S/C6H11N4O2/c11-4-3-9-6(12)10-5-7-1-2-8-5/h5,7-8H,1-3H2,(H2,9,10,12). The molecule has 0 bridgehead atoms. The van der Waals surface area contributed by atoms with Gasteiger partial charge in [-0.25, -0.2) is 4.79 Å². The molecule has 1 radical (unpaired) electrons. The second-order valence-electron chi connectivity index (χ2n) is 2.31. The molecule has 0 aromatic carbocycles. The number of carbonyl (C=O) groups excluding carboxylic acids is 2. The lowest BCUT2D eigenvalue weighted by Crippen LogP contribution is -2.51. The van der Waals surface area contributed by atoms with Crippen LogP contribution in [0.25, 0.3) is 0 Å². The van der Waals surface area contributed by atoms with Gasteiger partial charge < -0.3 is 10.6 Å². The molecule has 4 N–H and O–H groups in total. The number of hydrogen-bond donors (Lipinski definition) is 4. The van der Waals surface area contributed by atoms with E-state index in [-0.39, 0.29) is 18.9 Å². The highest BCUT2D eigenvalue weighted by molar-refractivity contribution is 5.76. The van der Waals surface area contributed by atoms with Crippen molar-refractivity contribution in [3.8, 4) is 0 Å². The van der Waals surface area contributed by atoms with Crippen molar-refractivity contribution in [1.82, 2.24) is 21.3 Å². The molecular formula is C6H11N4O2. The fourth-order valence-corrected chi connectivity index (χ4v) is 0.906. The lowest BCUT2D eigenvalue weighted by molar-refractivity contribution is 0.235. The van der Waals surface area contributed by atoms with E-state index in [0.29, 0.717) is 0 Å². The van der Waals surface area contributed by atoms with Gasteiger partial charge in [-0.2, -0.15) is 0 Å². The summed E-state index contributed by atoms with van der Waals surface area (Å²) in [4.78, 5) is 20.6. The predicted molar refractivity (Wildman–Crippen MR) is 42.0 cm³/mol. The SMILES string of the molecule is O=[C]CNC(=O)NC1NCCN1. The van der Waals surface area contributed by atoms with Gasteiger partial charge in [0.25, 0.3) is 0 Å². The number of rotatable bonds is 3. The molecule has 1 aliphatic heterocycles. The maximum Gasteiger partial charge on any atom is 0.317 e. The van der Waals surface area contributed by atoms with Crippen molar-refractivity contribution < 1.29 is 9.59 Å². The summed E-state index contributed by atoms with van der Waals surface area (Å²) in [5.74, 6) is 0. The lowest BCUT2D eigenvalue weighted by atomic mass is 10.7. The van der Waals surface area contributed by atoms with E-state index in [2.05, 4.69) is 21.3 Å². The van der Waals surface area contributed by atoms with Crippen LogP contribution in [0, 0.1) is 0 Å². The van der Waals surface area contributed by atoms with Crippen LogP contribution < -0.4 is 21.3 Å². The summed E-state index contributed by atoms with van der Waals surface area (Å²) in [5.41, 5.74) is 0. The van der Waals surface area contributed by atoms with Gasteiger partial charge in [0.05, 0.1) is 6.54 Å². The summed E-state index contributed by atoms with van der Waals surface area (Å²) < 4.78 is 0. The Morgan fingerprint density at radius 1 is 1.50 bits per heavy atom. The van der Waals surface area contributed by atoms with Crippen LogP contribution in [0.4, 0.5) is 4.79 Å². The average molecular weight is 171 g/mol. The molecule has 0 atom stereocenters. The van der Waals surface area contributed by atoms with Gasteiger partial charge in [-0.05, 0) is 0 Å². The van der Waals surface area contributed by atoms with Crippen molar-refractivity contribution in [2.45, 2.75) is 6.29 Å². The van der Waals surface area contributed by atoms with Crippen LogP contribution in [-0.4, -0.2) is 38.2 Å². The largest absolute Gasteiger partial charge is 0.331 e. The molecule has 0 aromatic rings. The first-order valence-electron chi connectivity index (χ1n) is 3.69. The lowest BCUT2D eigenvalue weighted by Gasteiger charge is -2.12. The Bertz CT molecular complexity index is 167. The highest BCUT2D eigenvalue weighted by Gasteiger charge is 2.14. The van der Waals surface area contributed by atoms with Crippen LogP contribution in [0.2, 0.25) is 0 Å². The number of carbonyl (C=O) groups is 1. The number of urea groups is 1. The van der Waals surface area contributed by atoms with Gasteiger partial charge in [-0.15, -0.1) is 0 Å². The highest BCUT2D eigenvalue weighted by Crippen LogP contribution is 1.79. The molecule has 1 heterocycles. The molecule has 0 spiro atoms. The third-order valence-electron chi connectivity index (χ3n) is 1.42. The van der Waals surface area contributed by atoms with Crippen molar-refractivity contribution in [2.75, 3.05) is 19.6 Å². The molecule has 6 heteroatoms. The Labute approximate surface area is 70.1 Å². The zero-order chi connectivity index (χ0) is 8.81. The molecule has 0 saturated carbocycles. The summed E-state index contributed by atoms with van der Waals surface area (Å²) in [5, 5.41) is 10.8. The van der Waals surface area contributed by atoms with Gasteiger partial charge in [-0.3, -0.25) is 15.4 Å². The molecule has 0 aliphatic carbocycles. The molecular weight excluding hydrogens is 160 g/mol. The maximum atomic E-state index is 10.9. The van der Waals surface area contributed by atoms with Crippen LogP contribution in [0.15, 0.2) is 0 Å². The van der Waals surface area contributed by atoms with Crippen LogP contribution in [0.5, 0.6) is 0 Å². The van der Waals surface area contributed by atoms with E-state index in [0.717, 1.165) is 13.1 Å². The number of hydrogen-bond acceptors (Lipinski definition) is 4. The summed E-state index contributed by atoms with van der Waals surface area (Å²) in [6.45, 7) is 1.56. The number of nitrogens with one attached hydrogen (secondary N) is 4. The average Bonchev–Trinajstić information content (AvgIpc) is 2.53. The first-order valence-corrected chi connectivity index (χ1v) is 3.69. The fraction of sp³-hybridized carbons (Fsp3) is 0.667. The van der Waals surface area contributed by atoms with E-state index in [1.54, 1.807) is 6.29 Å². The van der Waals surface area contributed by atoms with Crippen molar-refractivity contribution in [1.29, 1.82) is 0 Å². The molecule has 6 nitrogen and oxygen atoms in total. The van der Waals surface area contributed by atoms with Crippen LogP contribution in [0.1, 0.15) is 0 Å². The van der Waals surface area contributed by atoms with Gasteiger partial charge in [0.15, 0.2) is 0 Å². The molecule has 2 amide bonds. The maximum absolute atomic E-state index is 10.9. The van der Waals surface area contributed by atoms with Gasteiger partial charge >= 0.3 is 6.03 Å². The van der Waals surface area contributed by atoms with E-state index in [1.165, 1.54) is 0 Å². The van der Waals surface area contributed by atoms with Gasteiger partial charge in [0.2, 0.25) is 6.29 Å². The highest BCUT2D eigenvalue weighted by atomic mass is 16.2. The molecule has 1 aliphatic rings. The molecule has 1 rings (SSSR count). The van der Waals surface area contributed by atoms with Crippen molar-refractivity contribution in [3.63, 3.8) is 0 Å². The minimum Gasteiger partial charge on any atom is -0.331 e. The fourth-order valence-electron chi connectivity index (χ4n) is 0.906. The van der Waals surface area contributed by atoms with Gasteiger partial charge in [-0.1, -0.05) is 0 Å². The topological polar surface area (TPSA) is 82.3 Å². The van der Waals surface area contributed by atoms with E-state index < -0.39 is 0 Å². The van der Waals surface area contributed by atoms with Crippen molar-refractivity contribution in [3.05, 3.63) is 0 Å². The Morgan fingerprint density at radius 3 is 2.75 bits per heavy atom. The Morgan fingerprint density at radius 2 is 2.17 bits per heavy atom. The predicted octanol–water partition coefficient (Wildman–Crippen LogP) is -2.13.